The van der Waals surface area contributed by atoms with Gasteiger partial charge in [-0.15, -0.1) is 0 Å². The minimum atomic E-state index is -0.582. The summed E-state index contributed by atoms with van der Waals surface area (Å²) < 4.78 is 16.2. The van der Waals surface area contributed by atoms with Crippen molar-refractivity contribution in [3.05, 3.63) is 12.2 Å². The zero-order valence-electron chi connectivity index (χ0n) is 11.3. The molecule has 4 nitrogen and oxygen atoms in total. The maximum atomic E-state index is 11.5. The quantitative estimate of drug-likeness (QED) is 0.551. The second-order valence-electron chi connectivity index (χ2n) is 5.59. The molecule has 1 aliphatic heterocycles. The molecule has 0 radical (unpaired) electrons. The Morgan fingerprint density at radius 3 is 2.59 bits per heavy atom. The van der Waals surface area contributed by atoms with E-state index in [0.29, 0.717) is 6.61 Å². The molecule has 1 fully saturated rings. The highest BCUT2D eigenvalue weighted by Gasteiger charge is 2.28. The standard InChI is InChI=1S/C13H22O4/c1-12(2,3)17-11(14)7-6-10-8-9-15-13(4,5)16-10/h6-7,10H,8-9H2,1-5H3/b7-6+/t10-/m1/s1. The molecule has 1 atom stereocenters. The fourth-order valence-corrected chi connectivity index (χ4v) is 1.54. The van der Waals surface area contributed by atoms with Gasteiger partial charge in [-0.25, -0.2) is 4.79 Å². The lowest BCUT2D eigenvalue weighted by Crippen LogP contribution is -2.39. The fraction of sp³-hybridized carbons (Fsp3) is 0.769. The molecule has 0 aliphatic carbocycles. The number of esters is 1. The molecular formula is C13H22O4. The predicted molar refractivity (Wildman–Crippen MR) is 64.5 cm³/mol. The van der Waals surface area contributed by atoms with Gasteiger partial charge in [-0.05, 0) is 40.7 Å². The SMILES string of the molecule is CC(C)(C)OC(=O)/C=C/[C@@H]1CCOC(C)(C)O1. The molecule has 1 aliphatic rings. The van der Waals surface area contributed by atoms with Crippen molar-refractivity contribution >= 4 is 5.97 Å². The van der Waals surface area contributed by atoms with Gasteiger partial charge >= 0.3 is 5.97 Å². The average molecular weight is 242 g/mol. The maximum absolute atomic E-state index is 11.5. The van der Waals surface area contributed by atoms with E-state index in [4.69, 9.17) is 14.2 Å². The minimum Gasteiger partial charge on any atom is -0.457 e. The van der Waals surface area contributed by atoms with Crippen LogP contribution in [0.4, 0.5) is 0 Å². The average Bonchev–Trinajstić information content (AvgIpc) is 2.10. The molecule has 98 valence electrons. The number of carbonyl (C=O) groups excluding carboxylic acids is 1. The summed E-state index contributed by atoms with van der Waals surface area (Å²) in [5.74, 6) is -0.924. The highest BCUT2D eigenvalue weighted by Crippen LogP contribution is 2.22. The zero-order valence-corrected chi connectivity index (χ0v) is 11.3. The smallest absolute Gasteiger partial charge is 0.331 e. The van der Waals surface area contributed by atoms with E-state index < -0.39 is 11.4 Å². The van der Waals surface area contributed by atoms with Crippen molar-refractivity contribution < 1.29 is 19.0 Å². The maximum Gasteiger partial charge on any atom is 0.331 e. The van der Waals surface area contributed by atoms with Crippen LogP contribution in [-0.4, -0.2) is 30.1 Å². The molecule has 0 spiro atoms. The van der Waals surface area contributed by atoms with Gasteiger partial charge < -0.3 is 14.2 Å². The summed E-state index contributed by atoms with van der Waals surface area (Å²) in [6, 6.07) is 0. The van der Waals surface area contributed by atoms with Crippen LogP contribution in [0.25, 0.3) is 0 Å². The van der Waals surface area contributed by atoms with Crippen LogP contribution in [0.15, 0.2) is 12.2 Å². The van der Waals surface area contributed by atoms with Crippen LogP contribution in [0.5, 0.6) is 0 Å². The van der Waals surface area contributed by atoms with E-state index in [9.17, 15) is 4.79 Å². The number of hydrogen-bond donors (Lipinski definition) is 0. The predicted octanol–water partition coefficient (Wildman–Crippen LogP) is 2.43. The van der Waals surface area contributed by atoms with Crippen molar-refractivity contribution in [3.8, 4) is 0 Å². The molecule has 0 saturated carbocycles. The fourth-order valence-electron chi connectivity index (χ4n) is 1.54. The second kappa shape index (κ2) is 5.19. The van der Waals surface area contributed by atoms with Crippen molar-refractivity contribution in [3.63, 3.8) is 0 Å². The summed E-state index contributed by atoms with van der Waals surface area (Å²) in [6.45, 7) is 9.88. The van der Waals surface area contributed by atoms with Crippen molar-refractivity contribution in [1.29, 1.82) is 0 Å². The van der Waals surface area contributed by atoms with Gasteiger partial charge in [0.25, 0.3) is 0 Å². The van der Waals surface area contributed by atoms with Gasteiger partial charge in [0.2, 0.25) is 0 Å². The normalized spacial score (nSPS) is 24.9. The van der Waals surface area contributed by atoms with Gasteiger partial charge in [0, 0.05) is 12.5 Å². The van der Waals surface area contributed by atoms with Crippen LogP contribution in [-0.2, 0) is 19.0 Å². The van der Waals surface area contributed by atoms with E-state index in [1.165, 1.54) is 6.08 Å². The van der Waals surface area contributed by atoms with Crippen molar-refractivity contribution in [2.75, 3.05) is 6.61 Å². The summed E-state index contributed by atoms with van der Waals surface area (Å²) in [7, 11) is 0. The topological polar surface area (TPSA) is 44.8 Å². The van der Waals surface area contributed by atoms with E-state index in [1.807, 2.05) is 34.6 Å². The second-order valence-corrected chi connectivity index (χ2v) is 5.59. The summed E-state index contributed by atoms with van der Waals surface area (Å²) in [5.41, 5.74) is -0.461. The molecule has 4 heteroatoms. The van der Waals surface area contributed by atoms with Crippen LogP contribution in [0.1, 0.15) is 41.0 Å². The summed E-state index contributed by atoms with van der Waals surface area (Å²) in [4.78, 5) is 11.5. The van der Waals surface area contributed by atoms with Crippen molar-refractivity contribution in [2.24, 2.45) is 0 Å². The Kier molecular flexibility index (Phi) is 4.33. The Bertz CT molecular complexity index is 299. The largest absolute Gasteiger partial charge is 0.457 e. The number of hydrogen-bond acceptors (Lipinski definition) is 4. The Labute approximate surface area is 103 Å². The molecule has 0 bridgehead atoms. The van der Waals surface area contributed by atoms with E-state index >= 15 is 0 Å². The Balaban J connectivity index is 2.45. The Morgan fingerprint density at radius 1 is 1.41 bits per heavy atom. The summed E-state index contributed by atoms with van der Waals surface area (Å²) >= 11 is 0. The lowest BCUT2D eigenvalue weighted by Gasteiger charge is -2.34. The molecule has 0 aromatic carbocycles. The van der Waals surface area contributed by atoms with Crippen molar-refractivity contribution in [1.82, 2.24) is 0 Å². The highest BCUT2D eigenvalue weighted by molar-refractivity contribution is 5.82. The first kappa shape index (κ1) is 14.2. The molecule has 1 saturated heterocycles. The minimum absolute atomic E-state index is 0.0914. The molecule has 0 aromatic rings. The first-order valence-electron chi connectivity index (χ1n) is 5.91. The van der Waals surface area contributed by atoms with Gasteiger partial charge in [0.05, 0.1) is 12.7 Å². The molecule has 0 amide bonds. The first-order valence-corrected chi connectivity index (χ1v) is 5.91. The van der Waals surface area contributed by atoms with Gasteiger partial charge in [0.15, 0.2) is 5.79 Å². The number of ether oxygens (including phenoxy) is 3. The molecular weight excluding hydrogens is 220 g/mol. The van der Waals surface area contributed by atoms with Crippen LogP contribution < -0.4 is 0 Å². The Hall–Kier alpha value is -0.870. The molecule has 0 unspecified atom stereocenters. The van der Waals surface area contributed by atoms with Crippen molar-refractivity contribution in [2.45, 2.75) is 58.5 Å². The lowest BCUT2D eigenvalue weighted by atomic mass is 10.2. The summed E-state index contributed by atoms with van der Waals surface area (Å²) in [6.07, 6.45) is 3.82. The summed E-state index contributed by atoms with van der Waals surface area (Å²) in [5, 5.41) is 0. The molecule has 1 rings (SSSR count). The van der Waals surface area contributed by atoms with Crippen LogP contribution >= 0.6 is 0 Å². The van der Waals surface area contributed by atoms with E-state index in [-0.39, 0.29) is 12.1 Å². The van der Waals surface area contributed by atoms with Crippen LogP contribution in [0.3, 0.4) is 0 Å². The third-order valence-corrected chi connectivity index (χ3v) is 2.14. The third kappa shape index (κ3) is 5.84. The number of carbonyl (C=O) groups is 1. The highest BCUT2D eigenvalue weighted by atomic mass is 16.7. The van der Waals surface area contributed by atoms with Gasteiger partial charge in [-0.2, -0.15) is 0 Å². The van der Waals surface area contributed by atoms with Gasteiger partial charge in [0.1, 0.15) is 5.60 Å². The third-order valence-electron chi connectivity index (χ3n) is 2.14. The molecule has 1 heterocycles. The Morgan fingerprint density at radius 2 is 2.06 bits per heavy atom. The monoisotopic (exact) mass is 242 g/mol. The van der Waals surface area contributed by atoms with Gasteiger partial charge in [-0.1, -0.05) is 0 Å². The molecule has 17 heavy (non-hydrogen) atoms. The first-order chi connectivity index (χ1) is 7.68. The van der Waals surface area contributed by atoms with Crippen LogP contribution in [0, 0.1) is 0 Å². The van der Waals surface area contributed by atoms with E-state index in [2.05, 4.69) is 0 Å². The van der Waals surface area contributed by atoms with E-state index in [1.54, 1.807) is 6.08 Å². The molecule has 0 aromatic heterocycles. The molecule has 0 N–H and O–H groups in total. The van der Waals surface area contributed by atoms with Crippen LogP contribution in [0.2, 0.25) is 0 Å². The van der Waals surface area contributed by atoms with Gasteiger partial charge in [-0.3, -0.25) is 0 Å². The van der Waals surface area contributed by atoms with E-state index in [0.717, 1.165) is 6.42 Å². The lowest BCUT2D eigenvalue weighted by molar-refractivity contribution is -0.262. The zero-order chi connectivity index (χ0) is 13.1. The number of rotatable bonds is 2.